The van der Waals surface area contributed by atoms with Gasteiger partial charge in [0.2, 0.25) is 0 Å². The van der Waals surface area contributed by atoms with E-state index in [2.05, 4.69) is 15.2 Å². The van der Waals surface area contributed by atoms with Gasteiger partial charge < -0.3 is 0 Å². The zero-order valence-corrected chi connectivity index (χ0v) is 12.4. The van der Waals surface area contributed by atoms with Crippen molar-refractivity contribution >= 4 is 38.7 Å². The molecule has 4 rings (SSSR count). The normalized spacial score (nSPS) is 11.6. The Hall–Kier alpha value is -2.05. The molecule has 0 aliphatic rings. The lowest BCUT2D eigenvalue weighted by Gasteiger charge is -2.01. The van der Waals surface area contributed by atoms with Crippen LogP contribution >= 0.6 is 22.9 Å². The Balaban J connectivity index is 2.00. The first-order chi connectivity index (χ1) is 10.1. The van der Waals surface area contributed by atoms with Gasteiger partial charge in [-0.15, -0.1) is 21.5 Å². The second-order valence-electron chi connectivity index (χ2n) is 4.64. The van der Waals surface area contributed by atoms with Crippen molar-refractivity contribution in [1.29, 1.82) is 0 Å². The Labute approximate surface area is 127 Å². The highest BCUT2D eigenvalue weighted by Crippen LogP contribution is 2.33. The van der Waals surface area contributed by atoms with Crippen molar-refractivity contribution in [3.05, 3.63) is 47.1 Å². The first kappa shape index (κ1) is 12.7. The molecule has 0 aliphatic heterocycles. The molecule has 0 saturated carbocycles. The number of aryl methyl sites for hydroxylation is 1. The number of benzene rings is 1. The summed E-state index contributed by atoms with van der Waals surface area (Å²) < 4.78 is 16.0. The van der Waals surface area contributed by atoms with Crippen molar-refractivity contribution in [3.63, 3.8) is 0 Å². The van der Waals surface area contributed by atoms with Crippen molar-refractivity contribution in [3.8, 4) is 10.7 Å². The third-order valence-electron chi connectivity index (χ3n) is 3.23. The molecule has 0 amide bonds. The minimum atomic E-state index is -0.244. The molecule has 1 aromatic carbocycles. The van der Waals surface area contributed by atoms with Crippen molar-refractivity contribution in [2.75, 3.05) is 0 Å². The van der Waals surface area contributed by atoms with Crippen molar-refractivity contribution in [2.24, 2.45) is 0 Å². The molecule has 0 bridgehead atoms. The van der Waals surface area contributed by atoms with Gasteiger partial charge in [-0.05, 0) is 30.5 Å². The van der Waals surface area contributed by atoms with Gasteiger partial charge >= 0.3 is 0 Å². The fourth-order valence-corrected chi connectivity index (χ4v) is 3.61. The molecule has 0 N–H and O–H groups in total. The van der Waals surface area contributed by atoms with Crippen molar-refractivity contribution in [1.82, 2.24) is 19.6 Å². The first-order valence-electron chi connectivity index (χ1n) is 6.19. The monoisotopic (exact) mass is 318 g/mol. The van der Waals surface area contributed by atoms with Gasteiger partial charge in [-0.2, -0.15) is 0 Å². The van der Waals surface area contributed by atoms with Gasteiger partial charge in [0.15, 0.2) is 11.5 Å². The Morgan fingerprint density at radius 3 is 2.90 bits per heavy atom. The Kier molecular flexibility index (Phi) is 2.70. The lowest BCUT2D eigenvalue weighted by molar-refractivity contribution is 0.630. The molecule has 3 heterocycles. The van der Waals surface area contributed by atoms with E-state index >= 15 is 0 Å². The first-order valence-corrected chi connectivity index (χ1v) is 7.39. The Morgan fingerprint density at radius 1 is 1.19 bits per heavy atom. The fourth-order valence-electron chi connectivity index (χ4n) is 2.33. The van der Waals surface area contributed by atoms with Crippen molar-refractivity contribution < 1.29 is 4.39 Å². The van der Waals surface area contributed by atoms with Crippen LogP contribution in [-0.2, 0) is 0 Å². The second kappa shape index (κ2) is 4.47. The van der Waals surface area contributed by atoms with Gasteiger partial charge in [0.05, 0.1) is 4.88 Å². The summed E-state index contributed by atoms with van der Waals surface area (Å²) in [6, 6.07) is 8.37. The van der Waals surface area contributed by atoms with E-state index in [1.54, 1.807) is 12.1 Å². The van der Waals surface area contributed by atoms with E-state index in [9.17, 15) is 4.39 Å². The summed E-state index contributed by atoms with van der Waals surface area (Å²) in [5, 5.41) is 9.71. The number of nitrogens with zero attached hydrogens (tertiary/aromatic N) is 4. The SMILES string of the molecule is Cc1nc(Cl)cc2nnc(-c3cc4ccc(F)cc4s3)n12. The number of thiophene rings is 1. The van der Waals surface area contributed by atoms with Crippen molar-refractivity contribution in [2.45, 2.75) is 6.92 Å². The van der Waals surface area contributed by atoms with Gasteiger partial charge in [0.1, 0.15) is 16.8 Å². The number of rotatable bonds is 1. The molecule has 104 valence electrons. The van der Waals surface area contributed by atoms with E-state index in [0.29, 0.717) is 22.4 Å². The third kappa shape index (κ3) is 1.99. The zero-order valence-electron chi connectivity index (χ0n) is 10.8. The predicted octanol–water partition coefficient (Wildman–Crippen LogP) is 4.11. The van der Waals surface area contributed by atoms with E-state index < -0.39 is 0 Å². The van der Waals surface area contributed by atoms with Crippen LogP contribution in [0.15, 0.2) is 30.3 Å². The quantitative estimate of drug-likeness (QED) is 0.496. The molecular weight excluding hydrogens is 311 g/mol. The van der Waals surface area contributed by atoms with E-state index in [1.807, 2.05) is 17.4 Å². The Morgan fingerprint density at radius 2 is 2.05 bits per heavy atom. The highest BCUT2D eigenvalue weighted by Gasteiger charge is 2.14. The maximum Gasteiger partial charge on any atom is 0.179 e. The van der Waals surface area contributed by atoms with Crippen LogP contribution in [0.4, 0.5) is 4.39 Å². The molecule has 7 heteroatoms. The fraction of sp³-hybridized carbons (Fsp3) is 0.0714. The van der Waals surface area contributed by atoms with E-state index in [0.717, 1.165) is 15.0 Å². The number of aromatic nitrogens is 4. The molecule has 0 aliphatic carbocycles. The predicted molar refractivity (Wildman–Crippen MR) is 81.3 cm³/mol. The summed E-state index contributed by atoms with van der Waals surface area (Å²) in [4.78, 5) is 5.13. The molecule has 4 nitrogen and oxygen atoms in total. The average Bonchev–Trinajstić information content (AvgIpc) is 3.01. The lowest BCUT2D eigenvalue weighted by atomic mass is 10.2. The van der Waals surface area contributed by atoms with Gasteiger partial charge in [-0.1, -0.05) is 17.7 Å². The van der Waals surface area contributed by atoms with E-state index in [1.165, 1.54) is 23.5 Å². The summed E-state index contributed by atoms with van der Waals surface area (Å²) >= 11 is 7.40. The lowest BCUT2D eigenvalue weighted by Crippen LogP contribution is -1.97. The molecule has 0 spiro atoms. The maximum absolute atomic E-state index is 13.3. The number of hydrogen-bond donors (Lipinski definition) is 0. The van der Waals surface area contributed by atoms with Crippen LogP contribution in [0.25, 0.3) is 26.4 Å². The van der Waals surface area contributed by atoms with Crippen LogP contribution in [0, 0.1) is 12.7 Å². The smallest absolute Gasteiger partial charge is 0.179 e. The Bertz CT molecular complexity index is 991. The molecule has 21 heavy (non-hydrogen) atoms. The summed E-state index contributed by atoms with van der Waals surface area (Å²) in [5.74, 6) is 1.15. The van der Waals surface area contributed by atoms with Gasteiger partial charge in [0.25, 0.3) is 0 Å². The molecule has 0 saturated heterocycles. The van der Waals surface area contributed by atoms with Crippen LogP contribution in [0.2, 0.25) is 5.15 Å². The van der Waals surface area contributed by atoms with Crippen LogP contribution in [0.3, 0.4) is 0 Å². The molecular formula is C14H8ClFN4S. The molecule has 0 fully saturated rings. The number of fused-ring (bicyclic) bond motifs is 2. The highest BCUT2D eigenvalue weighted by atomic mass is 35.5. The highest BCUT2D eigenvalue weighted by molar-refractivity contribution is 7.22. The molecule has 4 aromatic rings. The van der Waals surface area contributed by atoms with Crippen LogP contribution in [0.1, 0.15) is 5.82 Å². The standard InChI is InChI=1S/C14H8ClFN4S/c1-7-17-12(15)6-13-18-19-14(20(7)13)11-4-8-2-3-9(16)5-10(8)21-11/h2-6H,1H3. The van der Waals surface area contributed by atoms with Gasteiger partial charge in [0, 0.05) is 10.8 Å². The maximum atomic E-state index is 13.3. The molecule has 0 unspecified atom stereocenters. The van der Waals surface area contributed by atoms with Crippen LogP contribution in [0.5, 0.6) is 0 Å². The summed E-state index contributed by atoms with van der Waals surface area (Å²) in [7, 11) is 0. The van der Waals surface area contributed by atoms with Crippen LogP contribution < -0.4 is 0 Å². The minimum absolute atomic E-state index is 0.244. The van der Waals surface area contributed by atoms with E-state index in [4.69, 9.17) is 11.6 Å². The molecule has 0 radical (unpaired) electrons. The molecule has 3 aromatic heterocycles. The van der Waals surface area contributed by atoms with Crippen LogP contribution in [-0.4, -0.2) is 19.6 Å². The summed E-state index contributed by atoms with van der Waals surface area (Å²) in [5.41, 5.74) is 0.645. The average molecular weight is 319 g/mol. The minimum Gasteiger partial charge on any atom is -0.262 e. The molecule has 0 atom stereocenters. The zero-order chi connectivity index (χ0) is 14.6. The number of halogens is 2. The van der Waals surface area contributed by atoms with E-state index in [-0.39, 0.29) is 5.82 Å². The summed E-state index contributed by atoms with van der Waals surface area (Å²) in [6.45, 7) is 1.85. The van der Waals surface area contributed by atoms with Gasteiger partial charge in [-0.3, -0.25) is 4.40 Å². The number of hydrogen-bond acceptors (Lipinski definition) is 4. The summed E-state index contributed by atoms with van der Waals surface area (Å²) in [6.07, 6.45) is 0. The topological polar surface area (TPSA) is 43.1 Å². The largest absolute Gasteiger partial charge is 0.262 e. The third-order valence-corrected chi connectivity index (χ3v) is 4.52. The van der Waals surface area contributed by atoms with Gasteiger partial charge in [-0.25, -0.2) is 9.37 Å². The second-order valence-corrected chi connectivity index (χ2v) is 6.11.